The van der Waals surface area contributed by atoms with E-state index in [1.54, 1.807) is 4.90 Å². The second-order valence-corrected chi connectivity index (χ2v) is 6.65. The molecule has 0 aromatic rings. The van der Waals surface area contributed by atoms with Gasteiger partial charge in [-0.05, 0) is 39.5 Å². The molecule has 5 heteroatoms. The van der Waals surface area contributed by atoms with Crippen molar-refractivity contribution in [3.8, 4) is 0 Å². The molecule has 1 aliphatic carbocycles. The first kappa shape index (κ1) is 13.2. The number of hydrogen-bond acceptors (Lipinski definition) is 3. The lowest BCUT2D eigenvalue weighted by atomic mass is 9.64. The molecular weight excluding hydrogens is 232 g/mol. The van der Waals surface area contributed by atoms with Crippen LogP contribution in [0.25, 0.3) is 0 Å². The smallest absolute Gasteiger partial charge is 0.411 e. The van der Waals surface area contributed by atoms with Gasteiger partial charge < -0.3 is 10.5 Å². The van der Waals surface area contributed by atoms with E-state index in [1.807, 2.05) is 20.8 Å². The van der Waals surface area contributed by atoms with Gasteiger partial charge in [0.1, 0.15) is 11.1 Å². The van der Waals surface area contributed by atoms with E-state index in [0.717, 1.165) is 6.42 Å². The molecule has 0 spiro atoms. The van der Waals surface area contributed by atoms with E-state index >= 15 is 0 Å². The van der Waals surface area contributed by atoms with Crippen LogP contribution in [0.5, 0.6) is 0 Å². The Bertz CT molecular complexity index is 388. The van der Waals surface area contributed by atoms with Crippen molar-refractivity contribution < 1.29 is 14.3 Å². The van der Waals surface area contributed by atoms with E-state index in [2.05, 4.69) is 6.92 Å². The number of hydrogen-bond donors (Lipinski definition) is 1. The van der Waals surface area contributed by atoms with Crippen molar-refractivity contribution in [2.45, 2.75) is 64.1 Å². The fraction of sp³-hybridized carbons (Fsp3) is 0.846. The van der Waals surface area contributed by atoms with Crippen molar-refractivity contribution in [3.05, 3.63) is 0 Å². The second-order valence-electron chi connectivity index (χ2n) is 6.65. The molecule has 2 heterocycles. The molecular formula is C13H22N2O3. The second kappa shape index (κ2) is 3.87. The van der Waals surface area contributed by atoms with Crippen LogP contribution in [-0.4, -0.2) is 34.1 Å². The summed E-state index contributed by atoms with van der Waals surface area (Å²) in [5.41, 5.74) is 4.15. The highest BCUT2D eigenvalue weighted by Gasteiger charge is 2.62. The molecule has 3 rings (SSSR count). The summed E-state index contributed by atoms with van der Waals surface area (Å²) in [4.78, 5) is 25.4. The van der Waals surface area contributed by atoms with Gasteiger partial charge in [-0.1, -0.05) is 6.92 Å². The number of carbonyl (C=O) groups excluding carboxylic acids is 2. The summed E-state index contributed by atoms with van der Waals surface area (Å²) >= 11 is 0. The minimum absolute atomic E-state index is 0.107. The lowest BCUT2D eigenvalue weighted by Gasteiger charge is -2.61. The number of piperidine rings is 1. The zero-order valence-corrected chi connectivity index (χ0v) is 11.5. The Hall–Kier alpha value is -1.26. The standard InChI is InChI=1S/C13H22N2O3/c1-8-5-9-7-13(6-8,10(14)16)15(9)11(17)18-12(2,3)4/h8-9H,5-7H2,1-4H3,(H2,14,16)/t8-,9-,13?/m1/s1. The van der Waals surface area contributed by atoms with Gasteiger partial charge in [-0.15, -0.1) is 0 Å². The van der Waals surface area contributed by atoms with Crippen LogP contribution in [0.1, 0.15) is 47.0 Å². The quantitative estimate of drug-likeness (QED) is 0.773. The molecule has 2 saturated heterocycles. The van der Waals surface area contributed by atoms with E-state index in [-0.39, 0.29) is 6.04 Å². The van der Waals surface area contributed by atoms with Gasteiger partial charge in [0.2, 0.25) is 5.91 Å². The van der Waals surface area contributed by atoms with E-state index in [4.69, 9.17) is 10.5 Å². The maximum Gasteiger partial charge on any atom is 0.411 e. The minimum Gasteiger partial charge on any atom is -0.444 e. The summed E-state index contributed by atoms with van der Waals surface area (Å²) in [5, 5.41) is 0. The molecule has 18 heavy (non-hydrogen) atoms. The number of primary amides is 1. The molecule has 0 aromatic carbocycles. The Morgan fingerprint density at radius 3 is 2.44 bits per heavy atom. The average Bonchev–Trinajstić information content (AvgIpc) is 2.12. The van der Waals surface area contributed by atoms with Gasteiger partial charge in [0.05, 0.1) is 0 Å². The van der Waals surface area contributed by atoms with Gasteiger partial charge in [0.25, 0.3) is 0 Å². The normalized spacial score (nSPS) is 34.8. The van der Waals surface area contributed by atoms with Gasteiger partial charge in [-0.2, -0.15) is 0 Å². The van der Waals surface area contributed by atoms with Crippen LogP contribution in [0.4, 0.5) is 4.79 Å². The molecule has 2 aliphatic heterocycles. The third-order valence-electron chi connectivity index (χ3n) is 3.81. The third-order valence-corrected chi connectivity index (χ3v) is 3.81. The van der Waals surface area contributed by atoms with Crippen LogP contribution in [0.15, 0.2) is 0 Å². The zero-order chi connectivity index (χ0) is 13.7. The van der Waals surface area contributed by atoms with Crippen molar-refractivity contribution in [3.63, 3.8) is 0 Å². The molecule has 5 nitrogen and oxygen atoms in total. The number of nitrogens with two attached hydrogens (primary N) is 1. The van der Waals surface area contributed by atoms with Crippen LogP contribution in [0, 0.1) is 5.92 Å². The molecule has 1 unspecified atom stereocenters. The van der Waals surface area contributed by atoms with Gasteiger partial charge in [-0.3, -0.25) is 9.69 Å². The average molecular weight is 254 g/mol. The monoisotopic (exact) mass is 254 g/mol. The highest BCUT2D eigenvalue weighted by Crippen LogP contribution is 2.50. The molecule has 1 saturated carbocycles. The summed E-state index contributed by atoms with van der Waals surface area (Å²) < 4.78 is 5.37. The zero-order valence-electron chi connectivity index (χ0n) is 11.5. The van der Waals surface area contributed by atoms with E-state index in [0.29, 0.717) is 18.8 Å². The van der Waals surface area contributed by atoms with Gasteiger partial charge in [0, 0.05) is 12.5 Å². The molecule has 3 atom stereocenters. The molecule has 2 amide bonds. The van der Waals surface area contributed by atoms with Crippen molar-refractivity contribution in [2.75, 3.05) is 0 Å². The van der Waals surface area contributed by atoms with Crippen LogP contribution in [0.3, 0.4) is 0 Å². The Morgan fingerprint density at radius 2 is 1.94 bits per heavy atom. The van der Waals surface area contributed by atoms with Crippen LogP contribution < -0.4 is 5.73 Å². The lowest BCUT2D eigenvalue weighted by molar-refractivity contribution is -0.159. The fourth-order valence-corrected chi connectivity index (χ4v) is 3.27. The Morgan fingerprint density at radius 1 is 1.33 bits per heavy atom. The SMILES string of the molecule is C[C@@H]1C[C@@H]2CC(C(N)=O)(C1)N2C(=O)OC(C)(C)C. The molecule has 0 aromatic heterocycles. The topological polar surface area (TPSA) is 72.6 Å². The number of fused-ring (bicyclic) bond motifs is 2. The van der Waals surface area contributed by atoms with Crippen molar-refractivity contribution in [1.29, 1.82) is 0 Å². The van der Waals surface area contributed by atoms with Crippen molar-refractivity contribution in [2.24, 2.45) is 11.7 Å². The van der Waals surface area contributed by atoms with E-state index < -0.39 is 23.1 Å². The number of nitrogens with zero attached hydrogens (tertiary/aromatic N) is 1. The molecule has 102 valence electrons. The molecule has 3 fully saturated rings. The Labute approximate surface area is 108 Å². The predicted molar refractivity (Wildman–Crippen MR) is 66.8 cm³/mol. The van der Waals surface area contributed by atoms with Gasteiger partial charge >= 0.3 is 6.09 Å². The maximum absolute atomic E-state index is 12.2. The van der Waals surface area contributed by atoms with Gasteiger partial charge in [0.15, 0.2) is 0 Å². The van der Waals surface area contributed by atoms with Gasteiger partial charge in [-0.25, -0.2) is 4.79 Å². The lowest BCUT2D eigenvalue weighted by Crippen LogP contribution is -2.76. The van der Waals surface area contributed by atoms with Crippen LogP contribution in [0.2, 0.25) is 0 Å². The van der Waals surface area contributed by atoms with Crippen LogP contribution in [-0.2, 0) is 9.53 Å². The molecule has 2 bridgehead atoms. The summed E-state index contributed by atoms with van der Waals surface area (Å²) in [7, 11) is 0. The Balaban J connectivity index is 2.18. The predicted octanol–water partition coefficient (Wildman–Crippen LogP) is 1.65. The molecule has 3 aliphatic rings. The van der Waals surface area contributed by atoms with Crippen molar-refractivity contribution in [1.82, 2.24) is 4.90 Å². The highest BCUT2D eigenvalue weighted by molar-refractivity contribution is 5.91. The minimum atomic E-state index is -0.801. The number of carbonyl (C=O) groups is 2. The third kappa shape index (κ3) is 1.95. The van der Waals surface area contributed by atoms with Crippen molar-refractivity contribution >= 4 is 12.0 Å². The Kier molecular flexibility index (Phi) is 2.83. The largest absolute Gasteiger partial charge is 0.444 e. The number of rotatable bonds is 1. The first-order valence-electron chi connectivity index (χ1n) is 6.48. The summed E-state index contributed by atoms with van der Waals surface area (Å²) in [6.07, 6.45) is 1.85. The van der Waals surface area contributed by atoms with E-state index in [9.17, 15) is 9.59 Å². The molecule has 2 N–H and O–H groups in total. The van der Waals surface area contributed by atoms with Crippen LogP contribution >= 0.6 is 0 Å². The first-order chi connectivity index (χ1) is 8.16. The summed E-state index contributed by atoms with van der Waals surface area (Å²) in [6, 6.07) is 0.107. The summed E-state index contributed by atoms with van der Waals surface area (Å²) in [6.45, 7) is 7.55. The fourth-order valence-electron chi connectivity index (χ4n) is 3.27. The van der Waals surface area contributed by atoms with E-state index in [1.165, 1.54) is 0 Å². The number of ether oxygens (including phenoxy) is 1. The summed E-state index contributed by atoms with van der Waals surface area (Å²) in [5.74, 6) is 0.0195. The maximum atomic E-state index is 12.2. The molecule has 0 radical (unpaired) electrons. The highest BCUT2D eigenvalue weighted by atomic mass is 16.6. The first-order valence-corrected chi connectivity index (χ1v) is 6.48. The number of amides is 2.